The van der Waals surface area contributed by atoms with Crippen molar-refractivity contribution < 1.29 is 0 Å². The second kappa shape index (κ2) is 5.26. The number of pyridine rings is 1. The zero-order valence-corrected chi connectivity index (χ0v) is 13.8. The van der Waals surface area contributed by atoms with Crippen molar-refractivity contribution in [3.05, 3.63) is 32.1 Å². The van der Waals surface area contributed by atoms with Crippen molar-refractivity contribution in [3.8, 4) is 0 Å². The Morgan fingerprint density at radius 1 is 1.47 bits per heavy atom. The Morgan fingerprint density at radius 2 is 2.24 bits per heavy atom. The lowest BCUT2D eigenvalue weighted by Gasteiger charge is -2.30. The Morgan fingerprint density at radius 3 is 2.94 bits per heavy atom. The van der Waals surface area contributed by atoms with Crippen LogP contribution in [0.25, 0.3) is 0 Å². The second-order valence-corrected chi connectivity index (χ2v) is 7.12. The van der Waals surface area contributed by atoms with E-state index >= 15 is 0 Å². The Kier molecular flexibility index (Phi) is 4.13. The van der Waals surface area contributed by atoms with E-state index < -0.39 is 0 Å². The average molecular weight is 407 g/mol. The van der Waals surface area contributed by atoms with E-state index in [4.69, 9.17) is 0 Å². The minimum Gasteiger partial charge on any atom is -0.343 e. The standard InChI is InChI=1S/C13H16BrIN2/c1-13(2)6-3-4-9(8-13)17-12-11(15)10(14)5-7-16-12/h4-5,7H,3,6,8H2,1-2H3,(H,16,17). The number of rotatable bonds is 2. The van der Waals surface area contributed by atoms with Crippen LogP contribution in [0.1, 0.15) is 33.1 Å². The molecule has 0 fully saturated rings. The molecule has 92 valence electrons. The molecule has 0 radical (unpaired) electrons. The van der Waals surface area contributed by atoms with Crippen molar-refractivity contribution >= 4 is 44.3 Å². The van der Waals surface area contributed by atoms with Crippen LogP contribution in [0.4, 0.5) is 5.82 Å². The summed E-state index contributed by atoms with van der Waals surface area (Å²) in [6.07, 6.45) is 7.63. The van der Waals surface area contributed by atoms with E-state index in [0.29, 0.717) is 5.41 Å². The fraction of sp³-hybridized carbons (Fsp3) is 0.462. The topological polar surface area (TPSA) is 24.9 Å². The van der Waals surface area contributed by atoms with Crippen LogP contribution in [0.3, 0.4) is 0 Å². The molecule has 4 heteroatoms. The Balaban J connectivity index is 2.16. The van der Waals surface area contributed by atoms with Gasteiger partial charge < -0.3 is 5.32 Å². The third-order valence-corrected chi connectivity index (χ3v) is 5.50. The number of nitrogens with zero attached hydrogens (tertiary/aromatic N) is 1. The summed E-state index contributed by atoms with van der Waals surface area (Å²) in [4.78, 5) is 4.39. The molecule has 2 nitrogen and oxygen atoms in total. The van der Waals surface area contributed by atoms with E-state index in [1.165, 1.54) is 12.1 Å². The van der Waals surface area contributed by atoms with Gasteiger partial charge in [-0.05, 0) is 69.3 Å². The number of allylic oxidation sites excluding steroid dienone is 2. The molecule has 17 heavy (non-hydrogen) atoms. The van der Waals surface area contributed by atoms with E-state index in [2.05, 4.69) is 68.7 Å². The van der Waals surface area contributed by atoms with Gasteiger partial charge in [0, 0.05) is 16.4 Å². The predicted molar refractivity (Wildman–Crippen MR) is 84.0 cm³/mol. The summed E-state index contributed by atoms with van der Waals surface area (Å²) < 4.78 is 2.22. The molecule has 0 saturated heterocycles. The van der Waals surface area contributed by atoms with Crippen LogP contribution < -0.4 is 5.32 Å². The lowest BCUT2D eigenvalue weighted by molar-refractivity contribution is 0.321. The van der Waals surface area contributed by atoms with E-state index in [-0.39, 0.29) is 0 Å². The fourth-order valence-electron chi connectivity index (χ4n) is 2.07. The van der Waals surface area contributed by atoms with E-state index in [1.54, 1.807) is 0 Å². The van der Waals surface area contributed by atoms with Gasteiger partial charge in [0.05, 0.1) is 3.57 Å². The van der Waals surface area contributed by atoms with Crippen LogP contribution >= 0.6 is 38.5 Å². The molecule has 0 aliphatic heterocycles. The number of nitrogens with one attached hydrogen (secondary N) is 1. The summed E-state index contributed by atoms with van der Waals surface area (Å²) in [7, 11) is 0. The summed E-state index contributed by atoms with van der Waals surface area (Å²) in [5.41, 5.74) is 1.69. The normalized spacial score (nSPS) is 18.7. The third-order valence-electron chi connectivity index (χ3n) is 3.00. The number of hydrogen-bond acceptors (Lipinski definition) is 2. The minimum atomic E-state index is 0.397. The van der Waals surface area contributed by atoms with Gasteiger partial charge in [0.15, 0.2) is 0 Å². The predicted octanol–water partition coefficient (Wildman–Crippen LogP) is 4.95. The molecule has 1 aromatic rings. The highest BCUT2D eigenvalue weighted by molar-refractivity contribution is 14.1. The summed E-state index contributed by atoms with van der Waals surface area (Å²) in [6.45, 7) is 4.64. The Hall–Kier alpha value is -0.100. The van der Waals surface area contributed by atoms with E-state index in [0.717, 1.165) is 26.7 Å². The van der Waals surface area contributed by atoms with Gasteiger partial charge >= 0.3 is 0 Å². The molecule has 0 saturated carbocycles. The first-order valence-electron chi connectivity index (χ1n) is 5.74. The number of halogens is 2. The lowest BCUT2D eigenvalue weighted by atomic mass is 9.79. The molecule has 0 spiro atoms. The van der Waals surface area contributed by atoms with E-state index in [9.17, 15) is 0 Å². The van der Waals surface area contributed by atoms with Crippen LogP contribution in [0.5, 0.6) is 0 Å². The van der Waals surface area contributed by atoms with Crippen molar-refractivity contribution in [2.75, 3.05) is 5.32 Å². The first kappa shape index (κ1) is 13.3. The van der Waals surface area contributed by atoms with Crippen LogP contribution in [0.2, 0.25) is 0 Å². The van der Waals surface area contributed by atoms with E-state index in [1.807, 2.05) is 12.3 Å². The Bertz CT molecular complexity index is 455. The molecule has 1 heterocycles. The number of hydrogen-bond donors (Lipinski definition) is 1. The minimum absolute atomic E-state index is 0.397. The molecule has 2 rings (SSSR count). The van der Waals surface area contributed by atoms with Crippen molar-refractivity contribution in [2.45, 2.75) is 33.1 Å². The number of aromatic nitrogens is 1. The monoisotopic (exact) mass is 406 g/mol. The maximum absolute atomic E-state index is 4.39. The molecule has 1 aliphatic carbocycles. The van der Waals surface area contributed by atoms with Crippen LogP contribution in [-0.4, -0.2) is 4.98 Å². The van der Waals surface area contributed by atoms with Gasteiger partial charge in [-0.2, -0.15) is 0 Å². The van der Waals surface area contributed by atoms with Crippen molar-refractivity contribution in [3.63, 3.8) is 0 Å². The fourth-order valence-corrected chi connectivity index (χ4v) is 2.83. The van der Waals surface area contributed by atoms with Gasteiger partial charge in [-0.1, -0.05) is 19.9 Å². The highest BCUT2D eigenvalue weighted by Crippen LogP contribution is 2.36. The van der Waals surface area contributed by atoms with Crippen molar-refractivity contribution in [1.29, 1.82) is 0 Å². The van der Waals surface area contributed by atoms with Crippen LogP contribution in [0, 0.1) is 8.99 Å². The van der Waals surface area contributed by atoms with Gasteiger partial charge in [-0.15, -0.1) is 0 Å². The van der Waals surface area contributed by atoms with Crippen molar-refractivity contribution in [2.24, 2.45) is 5.41 Å². The SMILES string of the molecule is CC1(C)CCC=C(Nc2nccc(Br)c2I)C1. The van der Waals surface area contributed by atoms with Crippen LogP contribution in [0.15, 0.2) is 28.5 Å². The molecule has 1 N–H and O–H groups in total. The first-order valence-corrected chi connectivity index (χ1v) is 7.61. The molecular formula is C13H16BrIN2. The molecular weight excluding hydrogens is 391 g/mol. The molecule has 0 bridgehead atoms. The quantitative estimate of drug-likeness (QED) is 0.702. The van der Waals surface area contributed by atoms with Crippen LogP contribution in [-0.2, 0) is 0 Å². The summed E-state index contributed by atoms with van der Waals surface area (Å²) >= 11 is 5.84. The Labute approximate surface area is 125 Å². The molecule has 0 amide bonds. The maximum Gasteiger partial charge on any atom is 0.144 e. The lowest BCUT2D eigenvalue weighted by Crippen LogP contribution is -2.19. The van der Waals surface area contributed by atoms with Gasteiger partial charge in [0.1, 0.15) is 5.82 Å². The number of anilines is 1. The molecule has 1 aliphatic rings. The van der Waals surface area contributed by atoms with Gasteiger partial charge in [-0.25, -0.2) is 4.98 Å². The maximum atomic E-state index is 4.39. The zero-order valence-electron chi connectivity index (χ0n) is 10.1. The highest BCUT2D eigenvalue weighted by Gasteiger charge is 2.23. The first-order chi connectivity index (χ1) is 7.98. The zero-order chi connectivity index (χ0) is 12.5. The molecule has 0 unspecified atom stereocenters. The third kappa shape index (κ3) is 3.44. The summed E-state index contributed by atoms with van der Waals surface area (Å²) in [6, 6.07) is 1.96. The molecule has 0 aromatic carbocycles. The van der Waals surface area contributed by atoms with Gasteiger partial charge in [0.2, 0.25) is 0 Å². The van der Waals surface area contributed by atoms with Gasteiger partial charge in [-0.3, -0.25) is 0 Å². The largest absolute Gasteiger partial charge is 0.343 e. The second-order valence-electron chi connectivity index (χ2n) is 5.19. The molecule has 1 aromatic heterocycles. The average Bonchev–Trinajstić information content (AvgIpc) is 2.23. The highest BCUT2D eigenvalue weighted by atomic mass is 127. The van der Waals surface area contributed by atoms with Crippen molar-refractivity contribution in [1.82, 2.24) is 4.98 Å². The van der Waals surface area contributed by atoms with Gasteiger partial charge in [0.25, 0.3) is 0 Å². The smallest absolute Gasteiger partial charge is 0.144 e. The summed E-state index contributed by atoms with van der Waals surface area (Å²) in [5.74, 6) is 0.948. The molecule has 0 atom stereocenters. The summed E-state index contributed by atoms with van der Waals surface area (Å²) in [5, 5.41) is 3.46.